The number of esters is 1. The van der Waals surface area contributed by atoms with Crippen LogP contribution in [0.5, 0.6) is 5.75 Å². The molecule has 0 heterocycles. The maximum Gasteiger partial charge on any atom is 0.340 e. The van der Waals surface area contributed by atoms with E-state index in [0.29, 0.717) is 5.75 Å². The number of benzene rings is 1. The molecule has 19 heavy (non-hydrogen) atoms. The normalized spacial score (nSPS) is 13.8. The van der Waals surface area contributed by atoms with Crippen LogP contribution in [-0.4, -0.2) is 17.0 Å². The van der Waals surface area contributed by atoms with Gasteiger partial charge in [0.05, 0.1) is 0 Å². The lowest BCUT2D eigenvalue weighted by atomic mass is 9.85. The summed E-state index contributed by atoms with van der Waals surface area (Å²) >= 11 is 0. The molecular weight excluding hydrogens is 263 g/mol. The van der Waals surface area contributed by atoms with Crippen LogP contribution in [-0.2, 0) is 14.7 Å². The number of aryl methyl sites for hydroxylation is 1. The molecule has 5 heteroatoms. The van der Waals surface area contributed by atoms with Crippen molar-refractivity contribution in [3.8, 4) is 5.75 Å². The molecule has 0 bridgehead atoms. The molecule has 0 spiro atoms. The molecule has 106 valence electrons. The molecule has 0 radical (unpaired) electrons. The van der Waals surface area contributed by atoms with Crippen molar-refractivity contribution in [1.29, 1.82) is 0 Å². The average Bonchev–Trinajstić information content (AvgIpc) is 2.30. The molecular formula is C14H21O4P. The van der Waals surface area contributed by atoms with E-state index in [1.807, 2.05) is 19.1 Å². The Labute approximate surface area is 116 Å². The standard InChI is InChI=1S/C14H21O4P/c1-9-6-7-12(11(8-9)14(3,4)5)17-13(15)10(2)18-19-16/h6-8,10,16,19H,1-5H3. The van der Waals surface area contributed by atoms with Crippen molar-refractivity contribution in [3.05, 3.63) is 29.3 Å². The lowest BCUT2D eigenvalue weighted by Crippen LogP contribution is -2.25. The Balaban J connectivity index is 2.98. The first-order valence-electron chi connectivity index (χ1n) is 6.13. The topological polar surface area (TPSA) is 55.8 Å². The molecule has 0 aromatic heterocycles. The molecule has 0 aliphatic rings. The van der Waals surface area contributed by atoms with Gasteiger partial charge >= 0.3 is 5.97 Å². The summed E-state index contributed by atoms with van der Waals surface area (Å²) in [4.78, 5) is 20.5. The van der Waals surface area contributed by atoms with Crippen molar-refractivity contribution in [2.45, 2.75) is 46.1 Å². The van der Waals surface area contributed by atoms with Crippen LogP contribution in [0.4, 0.5) is 0 Å². The Hall–Kier alpha value is -0.960. The van der Waals surface area contributed by atoms with Gasteiger partial charge in [-0.05, 0) is 25.3 Å². The number of hydrogen-bond acceptors (Lipinski definition) is 4. The minimum absolute atomic E-state index is 0.121. The van der Waals surface area contributed by atoms with Gasteiger partial charge in [0.15, 0.2) is 15.1 Å². The van der Waals surface area contributed by atoms with Crippen molar-refractivity contribution in [2.24, 2.45) is 0 Å². The van der Waals surface area contributed by atoms with Gasteiger partial charge in [0.25, 0.3) is 0 Å². The van der Waals surface area contributed by atoms with Gasteiger partial charge in [-0.1, -0.05) is 38.5 Å². The summed E-state index contributed by atoms with van der Waals surface area (Å²) in [7, 11) is -0.725. The number of ether oxygens (including phenoxy) is 1. The monoisotopic (exact) mass is 284 g/mol. The third-order valence-corrected chi connectivity index (χ3v) is 3.17. The van der Waals surface area contributed by atoms with Gasteiger partial charge in [-0.15, -0.1) is 0 Å². The van der Waals surface area contributed by atoms with Gasteiger partial charge < -0.3 is 14.2 Å². The molecule has 2 atom stereocenters. The molecule has 1 aromatic carbocycles. The maximum atomic E-state index is 11.8. The van der Waals surface area contributed by atoms with Crippen LogP contribution >= 0.6 is 9.03 Å². The highest BCUT2D eigenvalue weighted by Crippen LogP contribution is 2.32. The van der Waals surface area contributed by atoms with Crippen molar-refractivity contribution in [3.63, 3.8) is 0 Å². The summed E-state index contributed by atoms with van der Waals surface area (Å²) < 4.78 is 10.2. The van der Waals surface area contributed by atoms with Gasteiger partial charge in [0, 0.05) is 5.56 Å². The van der Waals surface area contributed by atoms with E-state index in [-0.39, 0.29) is 5.41 Å². The number of carbonyl (C=O) groups is 1. The second kappa shape index (κ2) is 6.47. The van der Waals surface area contributed by atoms with E-state index in [1.54, 1.807) is 13.0 Å². The van der Waals surface area contributed by atoms with Crippen LogP contribution < -0.4 is 4.74 Å². The Morgan fingerprint density at radius 1 is 1.37 bits per heavy atom. The second-order valence-electron chi connectivity index (χ2n) is 5.52. The smallest absolute Gasteiger partial charge is 0.340 e. The molecule has 0 saturated carbocycles. The molecule has 0 aliphatic heterocycles. The van der Waals surface area contributed by atoms with Gasteiger partial charge in [-0.25, -0.2) is 4.79 Å². The van der Waals surface area contributed by atoms with Gasteiger partial charge in [-0.3, -0.25) is 0 Å². The van der Waals surface area contributed by atoms with Crippen molar-refractivity contribution >= 4 is 15.0 Å². The number of carbonyl (C=O) groups excluding carboxylic acids is 1. The number of rotatable bonds is 4. The van der Waals surface area contributed by atoms with Crippen LogP contribution in [0, 0.1) is 6.92 Å². The molecule has 0 fully saturated rings. The Morgan fingerprint density at radius 2 is 2.00 bits per heavy atom. The molecule has 0 aliphatic carbocycles. The minimum atomic E-state index is -0.780. The van der Waals surface area contributed by atoms with E-state index in [1.165, 1.54) is 0 Å². The van der Waals surface area contributed by atoms with E-state index >= 15 is 0 Å². The zero-order chi connectivity index (χ0) is 14.6. The van der Waals surface area contributed by atoms with E-state index in [4.69, 9.17) is 14.2 Å². The lowest BCUT2D eigenvalue weighted by molar-refractivity contribution is -0.141. The van der Waals surface area contributed by atoms with Gasteiger partial charge in [0.1, 0.15) is 5.75 Å². The average molecular weight is 284 g/mol. The summed E-state index contributed by atoms with van der Waals surface area (Å²) in [6.07, 6.45) is -0.780. The maximum absolute atomic E-state index is 11.8. The predicted molar refractivity (Wildman–Crippen MR) is 76.6 cm³/mol. The fourth-order valence-corrected chi connectivity index (χ4v) is 1.89. The fraction of sp³-hybridized carbons (Fsp3) is 0.500. The fourth-order valence-electron chi connectivity index (χ4n) is 1.64. The van der Waals surface area contributed by atoms with Crippen LogP contribution in [0.1, 0.15) is 38.8 Å². The lowest BCUT2D eigenvalue weighted by Gasteiger charge is -2.23. The molecule has 1 N–H and O–H groups in total. The van der Waals surface area contributed by atoms with Gasteiger partial charge in [-0.2, -0.15) is 0 Å². The van der Waals surface area contributed by atoms with Crippen molar-refractivity contribution < 1.29 is 18.9 Å². The summed E-state index contributed by atoms with van der Waals surface area (Å²) in [5.74, 6) is 0.0377. The molecule has 2 unspecified atom stereocenters. The molecule has 4 nitrogen and oxygen atoms in total. The third kappa shape index (κ3) is 4.57. The number of hydrogen-bond donors (Lipinski definition) is 1. The highest BCUT2D eigenvalue weighted by Gasteiger charge is 2.23. The third-order valence-electron chi connectivity index (χ3n) is 2.72. The highest BCUT2D eigenvalue weighted by atomic mass is 31.1. The molecule has 1 aromatic rings. The van der Waals surface area contributed by atoms with E-state index in [9.17, 15) is 4.79 Å². The minimum Gasteiger partial charge on any atom is -0.424 e. The first-order chi connectivity index (χ1) is 8.75. The van der Waals surface area contributed by atoms with Gasteiger partial charge in [0.2, 0.25) is 0 Å². The summed E-state index contributed by atoms with van der Waals surface area (Å²) in [5.41, 5.74) is 1.97. The highest BCUT2D eigenvalue weighted by molar-refractivity contribution is 7.25. The van der Waals surface area contributed by atoms with Crippen LogP contribution in [0.25, 0.3) is 0 Å². The van der Waals surface area contributed by atoms with E-state index < -0.39 is 21.1 Å². The van der Waals surface area contributed by atoms with E-state index in [2.05, 4.69) is 20.8 Å². The molecule has 0 saturated heterocycles. The summed E-state index contributed by atoms with van der Waals surface area (Å²) in [5, 5.41) is 0. The quantitative estimate of drug-likeness (QED) is 0.524. The Bertz CT molecular complexity index is 451. The van der Waals surface area contributed by atoms with Crippen molar-refractivity contribution in [1.82, 2.24) is 0 Å². The predicted octanol–water partition coefficient (Wildman–Crippen LogP) is 3.10. The summed E-state index contributed by atoms with van der Waals surface area (Å²) in [6, 6.07) is 5.71. The first kappa shape index (κ1) is 16.1. The summed E-state index contributed by atoms with van der Waals surface area (Å²) in [6.45, 7) is 9.74. The molecule has 0 amide bonds. The largest absolute Gasteiger partial charge is 0.424 e. The zero-order valence-electron chi connectivity index (χ0n) is 12.0. The van der Waals surface area contributed by atoms with Crippen LogP contribution in [0.2, 0.25) is 0 Å². The second-order valence-corrected chi connectivity index (χ2v) is 5.94. The zero-order valence-corrected chi connectivity index (χ0v) is 13.0. The van der Waals surface area contributed by atoms with Crippen LogP contribution in [0.3, 0.4) is 0 Å². The first-order valence-corrected chi connectivity index (χ1v) is 6.99. The molecule has 1 rings (SSSR count). The Morgan fingerprint density at radius 3 is 2.53 bits per heavy atom. The van der Waals surface area contributed by atoms with Crippen LogP contribution in [0.15, 0.2) is 18.2 Å². The Kier molecular flexibility index (Phi) is 5.48. The SMILES string of the molecule is Cc1ccc(OC(=O)C(C)OPO)c(C(C)(C)C)c1. The van der Waals surface area contributed by atoms with Crippen molar-refractivity contribution in [2.75, 3.05) is 0 Å². The van der Waals surface area contributed by atoms with E-state index in [0.717, 1.165) is 11.1 Å².